The zero-order chi connectivity index (χ0) is 15.6. The molecule has 0 bridgehead atoms. The Balaban J connectivity index is 2.11. The molecule has 6 nitrogen and oxygen atoms in total. The molecule has 0 spiro atoms. The van der Waals surface area contributed by atoms with Crippen molar-refractivity contribution in [3.8, 4) is 0 Å². The Hall–Kier alpha value is -1.77. The Labute approximate surface area is 120 Å². The lowest BCUT2D eigenvalue weighted by Gasteiger charge is -2.14. The highest BCUT2D eigenvalue weighted by atomic mass is 32.2. The number of alkyl halides is 2. The van der Waals surface area contributed by atoms with Crippen molar-refractivity contribution in [2.45, 2.75) is 12.8 Å². The van der Waals surface area contributed by atoms with Crippen molar-refractivity contribution in [3.63, 3.8) is 0 Å². The summed E-state index contributed by atoms with van der Waals surface area (Å²) >= 11 is 0. The van der Waals surface area contributed by atoms with E-state index in [0.29, 0.717) is 6.42 Å². The summed E-state index contributed by atoms with van der Waals surface area (Å²) in [4.78, 5) is 9.86. The Morgan fingerprint density at radius 3 is 2.67 bits per heavy atom. The molecule has 0 radical (unpaired) electrons. The average Bonchev–Trinajstić information content (AvgIpc) is 2.75. The number of nitrogens with one attached hydrogen (secondary N) is 1. The van der Waals surface area contributed by atoms with E-state index in [4.69, 9.17) is 0 Å². The van der Waals surface area contributed by atoms with E-state index in [2.05, 4.69) is 5.32 Å². The average molecular weight is 320 g/mol. The maximum atomic E-state index is 12.9. The fourth-order valence-corrected chi connectivity index (χ4v) is 4.15. The second-order valence-corrected chi connectivity index (χ2v) is 7.21. The number of non-ortho nitro benzene ring substituents is 1. The lowest BCUT2D eigenvalue weighted by molar-refractivity contribution is -0.385. The number of halogens is 2. The molecule has 1 unspecified atom stereocenters. The van der Waals surface area contributed by atoms with Crippen LogP contribution in [0, 0.1) is 16.0 Å². The zero-order valence-corrected chi connectivity index (χ0v) is 11.8. The quantitative estimate of drug-likeness (QED) is 0.664. The van der Waals surface area contributed by atoms with Crippen LogP contribution in [0.3, 0.4) is 0 Å². The van der Waals surface area contributed by atoms with Crippen molar-refractivity contribution < 1.29 is 22.1 Å². The number of rotatable bonds is 5. The lowest BCUT2D eigenvalue weighted by atomic mass is 10.1. The third-order valence-corrected chi connectivity index (χ3v) is 5.23. The summed E-state index contributed by atoms with van der Waals surface area (Å²) < 4.78 is 48.5. The minimum absolute atomic E-state index is 0.0387. The number of benzene rings is 1. The molecule has 0 aromatic heterocycles. The molecule has 0 saturated carbocycles. The molecule has 1 atom stereocenters. The third kappa shape index (κ3) is 3.87. The van der Waals surface area contributed by atoms with E-state index in [9.17, 15) is 27.3 Å². The van der Waals surface area contributed by atoms with Gasteiger partial charge < -0.3 is 5.32 Å². The summed E-state index contributed by atoms with van der Waals surface area (Å²) in [5.74, 6) is 0.0221. The molecule has 2 rings (SSSR count). The molecule has 1 N–H and O–H groups in total. The normalized spacial score (nSPS) is 20.6. The zero-order valence-electron chi connectivity index (χ0n) is 11.0. The largest absolute Gasteiger partial charge is 0.384 e. The molecule has 1 heterocycles. The van der Waals surface area contributed by atoms with E-state index in [1.165, 1.54) is 6.07 Å². The first-order valence-corrected chi connectivity index (χ1v) is 8.11. The van der Waals surface area contributed by atoms with Gasteiger partial charge >= 0.3 is 0 Å². The Bertz CT molecular complexity index is 649. The number of sulfone groups is 1. The standard InChI is InChI=1S/C12H14F2N2O4S/c13-12(14)10-5-9(16(17)18)1-2-11(10)15-6-8-3-4-21(19,20)7-8/h1-2,5,8,12,15H,3-4,6-7H2. The fourth-order valence-electron chi connectivity index (χ4n) is 2.29. The molecule has 1 saturated heterocycles. The van der Waals surface area contributed by atoms with Gasteiger partial charge in [-0.3, -0.25) is 10.1 Å². The fraction of sp³-hybridized carbons (Fsp3) is 0.500. The van der Waals surface area contributed by atoms with Gasteiger partial charge in [-0.15, -0.1) is 0 Å². The van der Waals surface area contributed by atoms with Crippen molar-refractivity contribution in [1.29, 1.82) is 0 Å². The van der Waals surface area contributed by atoms with Crippen LogP contribution in [0.2, 0.25) is 0 Å². The van der Waals surface area contributed by atoms with Crippen molar-refractivity contribution >= 4 is 21.2 Å². The van der Waals surface area contributed by atoms with Crippen molar-refractivity contribution in [2.24, 2.45) is 5.92 Å². The van der Waals surface area contributed by atoms with Crippen LogP contribution in [-0.2, 0) is 9.84 Å². The molecule has 1 aliphatic rings. The topological polar surface area (TPSA) is 89.3 Å². The Morgan fingerprint density at radius 1 is 1.43 bits per heavy atom. The summed E-state index contributed by atoms with van der Waals surface area (Å²) in [5, 5.41) is 13.4. The van der Waals surface area contributed by atoms with Crippen LogP contribution in [0.1, 0.15) is 18.4 Å². The molecular weight excluding hydrogens is 306 g/mol. The van der Waals surface area contributed by atoms with E-state index >= 15 is 0 Å². The number of hydrogen-bond donors (Lipinski definition) is 1. The van der Waals surface area contributed by atoms with Crippen LogP contribution in [0.15, 0.2) is 18.2 Å². The van der Waals surface area contributed by atoms with Gasteiger partial charge in [-0.2, -0.15) is 0 Å². The highest BCUT2D eigenvalue weighted by molar-refractivity contribution is 7.91. The van der Waals surface area contributed by atoms with Gasteiger partial charge in [0.25, 0.3) is 12.1 Å². The molecule has 1 aromatic rings. The molecule has 1 fully saturated rings. The summed E-state index contributed by atoms with van der Waals surface area (Å²) in [6.45, 7) is 0.247. The van der Waals surface area contributed by atoms with E-state index in [1.54, 1.807) is 0 Å². The SMILES string of the molecule is O=[N+]([O-])c1ccc(NCC2CCS(=O)(=O)C2)c(C(F)F)c1. The maximum Gasteiger partial charge on any atom is 0.270 e. The third-order valence-electron chi connectivity index (χ3n) is 3.39. The molecule has 1 aromatic carbocycles. The lowest BCUT2D eigenvalue weighted by Crippen LogP contribution is -2.16. The van der Waals surface area contributed by atoms with Crippen molar-refractivity contribution in [3.05, 3.63) is 33.9 Å². The van der Waals surface area contributed by atoms with E-state index in [-0.39, 0.29) is 29.7 Å². The highest BCUT2D eigenvalue weighted by Gasteiger charge is 2.28. The minimum Gasteiger partial charge on any atom is -0.384 e. The van der Waals surface area contributed by atoms with Crippen LogP contribution >= 0.6 is 0 Å². The van der Waals surface area contributed by atoms with Gasteiger partial charge in [0.2, 0.25) is 0 Å². The number of nitro groups is 1. The second-order valence-electron chi connectivity index (χ2n) is 4.98. The van der Waals surface area contributed by atoms with E-state index < -0.39 is 32.4 Å². The van der Waals surface area contributed by atoms with E-state index in [1.807, 2.05) is 0 Å². The molecule has 9 heteroatoms. The van der Waals surface area contributed by atoms with Gasteiger partial charge in [-0.1, -0.05) is 0 Å². The highest BCUT2D eigenvalue weighted by Crippen LogP contribution is 2.31. The first-order chi connectivity index (χ1) is 9.78. The summed E-state index contributed by atoms with van der Waals surface area (Å²) in [7, 11) is -3.02. The van der Waals surface area contributed by atoms with Gasteiger partial charge in [0.05, 0.1) is 16.4 Å². The summed E-state index contributed by atoms with van der Waals surface area (Å²) in [6, 6.07) is 3.20. The number of nitro benzene ring substituents is 1. The molecule has 1 aliphatic heterocycles. The molecular formula is C12H14F2N2O4S. The van der Waals surface area contributed by atoms with Crippen LogP contribution in [-0.4, -0.2) is 31.4 Å². The van der Waals surface area contributed by atoms with Crippen LogP contribution in [0.25, 0.3) is 0 Å². The smallest absolute Gasteiger partial charge is 0.270 e. The summed E-state index contributed by atoms with van der Waals surface area (Å²) in [6.07, 6.45) is -2.36. The van der Waals surface area contributed by atoms with Crippen molar-refractivity contribution in [1.82, 2.24) is 0 Å². The van der Waals surface area contributed by atoms with Crippen LogP contribution < -0.4 is 5.32 Å². The minimum atomic E-state index is -3.02. The number of anilines is 1. The second kappa shape index (κ2) is 5.92. The van der Waals surface area contributed by atoms with Gasteiger partial charge in [-0.05, 0) is 18.4 Å². The van der Waals surface area contributed by atoms with Crippen molar-refractivity contribution in [2.75, 3.05) is 23.4 Å². The first-order valence-electron chi connectivity index (χ1n) is 6.29. The van der Waals surface area contributed by atoms with Crippen LogP contribution in [0.5, 0.6) is 0 Å². The predicted molar refractivity (Wildman–Crippen MR) is 73.3 cm³/mol. The van der Waals surface area contributed by atoms with Gasteiger partial charge in [0.15, 0.2) is 9.84 Å². The molecule has 21 heavy (non-hydrogen) atoms. The molecule has 0 aliphatic carbocycles. The van der Waals surface area contributed by atoms with Crippen LogP contribution in [0.4, 0.5) is 20.2 Å². The molecule has 0 amide bonds. The number of hydrogen-bond acceptors (Lipinski definition) is 5. The predicted octanol–water partition coefficient (Wildman–Crippen LogP) is 2.38. The number of nitrogens with zero attached hydrogens (tertiary/aromatic N) is 1. The van der Waals surface area contributed by atoms with Gasteiger partial charge in [0.1, 0.15) is 0 Å². The maximum absolute atomic E-state index is 12.9. The first kappa shape index (κ1) is 15.6. The van der Waals surface area contributed by atoms with Gasteiger partial charge in [-0.25, -0.2) is 17.2 Å². The van der Waals surface area contributed by atoms with E-state index in [0.717, 1.165) is 12.1 Å². The Kier molecular flexibility index (Phi) is 4.40. The molecule has 116 valence electrons. The Morgan fingerprint density at radius 2 is 2.14 bits per heavy atom. The van der Waals surface area contributed by atoms with Gasteiger partial charge in [0, 0.05) is 29.9 Å². The monoisotopic (exact) mass is 320 g/mol. The summed E-state index contributed by atoms with van der Waals surface area (Å²) in [5.41, 5.74) is -0.760.